The van der Waals surface area contributed by atoms with Gasteiger partial charge in [0.1, 0.15) is 42.1 Å². The molecule has 0 aromatic heterocycles. The van der Waals surface area contributed by atoms with Gasteiger partial charge in [0, 0.05) is 0 Å². The number of hydrogen-bond acceptors (Lipinski definition) is 4. The summed E-state index contributed by atoms with van der Waals surface area (Å²) in [6.45, 7) is 5.03. The van der Waals surface area contributed by atoms with Crippen LogP contribution in [-0.2, 0) is 0 Å². The molecule has 0 saturated carbocycles. The Morgan fingerprint density at radius 1 is 1.12 bits per heavy atom. The number of benzene rings is 2. The summed E-state index contributed by atoms with van der Waals surface area (Å²) in [6, 6.07) is 14.4. The highest BCUT2D eigenvalue weighted by Crippen LogP contribution is 2.22. The second-order valence-corrected chi connectivity index (χ2v) is 6.26. The number of nitriles is 1. The lowest BCUT2D eigenvalue weighted by atomic mass is 10.1. The van der Waals surface area contributed by atoms with Gasteiger partial charge < -0.3 is 19.3 Å². The van der Waals surface area contributed by atoms with Crippen molar-refractivity contribution in [2.75, 3.05) is 51.3 Å². The van der Waals surface area contributed by atoms with Crippen molar-refractivity contribution in [3.05, 3.63) is 53.8 Å². The first-order chi connectivity index (χ1) is 12.7. The summed E-state index contributed by atoms with van der Waals surface area (Å²) in [7, 11) is 1.64. The minimum atomic E-state index is -0.451. The first-order valence-electron chi connectivity index (χ1n) is 8.75. The lowest BCUT2D eigenvalue weighted by molar-refractivity contribution is -0.900. The zero-order valence-corrected chi connectivity index (χ0v) is 14.9. The van der Waals surface area contributed by atoms with Crippen LogP contribution in [0.4, 0.5) is 10.1 Å². The molecule has 0 aliphatic carbocycles. The van der Waals surface area contributed by atoms with Crippen LogP contribution in [0.3, 0.4) is 0 Å². The summed E-state index contributed by atoms with van der Waals surface area (Å²) in [6.07, 6.45) is 0. The molecule has 6 heteroatoms. The lowest BCUT2D eigenvalue weighted by Crippen LogP contribution is -3.15. The van der Waals surface area contributed by atoms with E-state index in [1.807, 2.05) is 36.4 Å². The molecule has 0 bridgehead atoms. The van der Waals surface area contributed by atoms with Gasteiger partial charge in [-0.05, 0) is 36.4 Å². The molecule has 5 nitrogen and oxygen atoms in total. The number of hydrogen-bond donors (Lipinski definition) is 1. The number of nitrogens with zero attached hydrogens (tertiary/aromatic N) is 2. The van der Waals surface area contributed by atoms with Crippen molar-refractivity contribution >= 4 is 5.69 Å². The molecule has 1 saturated heterocycles. The molecular formula is C20H23FN3O2+. The third kappa shape index (κ3) is 4.24. The van der Waals surface area contributed by atoms with E-state index in [0.717, 1.165) is 44.2 Å². The zero-order chi connectivity index (χ0) is 18.4. The molecule has 0 atom stereocenters. The third-order valence-corrected chi connectivity index (χ3v) is 4.70. The number of quaternary nitrogens is 1. The van der Waals surface area contributed by atoms with E-state index < -0.39 is 5.82 Å². The van der Waals surface area contributed by atoms with Crippen molar-refractivity contribution in [1.82, 2.24) is 0 Å². The van der Waals surface area contributed by atoms with Gasteiger partial charge >= 0.3 is 0 Å². The van der Waals surface area contributed by atoms with Crippen molar-refractivity contribution in [2.45, 2.75) is 0 Å². The number of halogens is 1. The van der Waals surface area contributed by atoms with Crippen molar-refractivity contribution in [3.8, 4) is 17.6 Å². The van der Waals surface area contributed by atoms with Crippen molar-refractivity contribution in [1.29, 1.82) is 5.26 Å². The number of methoxy groups -OCH3 is 1. The van der Waals surface area contributed by atoms with Gasteiger partial charge in [-0.3, -0.25) is 0 Å². The van der Waals surface area contributed by atoms with Crippen molar-refractivity contribution in [3.63, 3.8) is 0 Å². The standard InChI is InChI=1S/C20H22FN3O2/c1-25-16-5-7-17(8-6-16)26-14-13-23-9-11-24(12-10-23)20-4-2-3-19(21)18(20)15-22/h2-8H,9-14H2,1H3/p+1. The highest BCUT2D eigenvalue weighted by Gasteiger charge is 2.22. The molecule has 1 heterocycles. The fourth-order valence-corrected chi connectivity index (χ4v) is 3.19. The number of anilines is 1. The van der Waals surface area contributed by atoms with Gasteiger partial charge in [0.05, 0.1) is 39.0 Å². The van der Waals surface area contributed by atoms with Crippen LogP contribution in [-0.4, -0.2) is 46.4 Å². The monoisotopic (exact) mass is 356 g/mol. The number of ether oxygens (including phenoxy) is 2. The van der Waals surface area contributed by atoms with Crippen LogP contribution in [0, 0.1) is 17.1 Å². The van der Waals surface area contributed by atoms with Gasteiger partial charge in [-0.25, -0.2) is 4.39 Å². The maximum atomic E-state index is 13.8. The average molecular weight is 356 g/mol. The topological polar surface area (TPSA) is 49.9 Å². The van der Waals surface area contributed by atoms with Gasteiger partial charge in [0.15, 0.2) is 0 Å². The van der Waals surface area contributed by atoms with E-state index >= 15 is 0 Å². The summed E-state index contributed by atoms with van der Waals surface area (Å²) < 4.78 is 24.7. The van der Waals surface area contributed by atoms with Crippen molar-refractivity contribution < 1.29 is 18.8 Å². The Kier molecular flexibility index (Phi) is 5.92. The fourth-order valence-electron chi connectivity index (χ4n) is 3.19. The highest BCUT2D eigenvalue weighted by atomic mass is 19.1. The molecule has 0 spiro atoms. The molecular weight excluding hydrogens is 333 g/mol. The first kappa shape index (κ1) is 18.0. The van der Waals surface area contributed by atoms with Crippen LogP contribution >= 0.6 is 0 Å². The van der Waals surface area contributed by atoms with E-state index in [4.69, 9.17) is 9.47 Å². The molecule has 0 amide bonds. The normalized spacial score (nSPS) is 14.7. The number of rotatable bonds is 6. The smallest absolute Gasteiger partial charge is 0.143 e. The van der Waals surface area contributed by atoms with E-state index in [-0.39, 0.29) is 5.56 Å². The van der Waals surface area contributed by atoms with Crippen molar-refractivity contribution in [2.24, 2.45) is 0 Å². The van der Waals surface area contributed by atoms with Gasteiger partial charge in [0.2, 0.25) is 0 Å². The molecule has 136 valence electrons. The highest BCUT2D eigenvalue weighted by molar-refractivity contribution is 5.60. The van der Waals surface area contributed by atoms with Crippen LogP contribution < -0.4 is 19.3 Å². The third-order valence-electron chi connectivity index (χ3n) is 4.70. The molecule has 1 N–H and O–H groups in total. The van der Waals surface area contributed by atoms with E-state index in [2.05, 4.69) is 4.90 Å². The molecule has 1 fully saturated rings. The van der Waals surface area contributed by atoms with E-state index in [0.29, 0.717) is 12.3 Å². The average Bonchev–Trinajstić information content (AvgIpc) is 2.69. The molecule has 1 aliphatic heterocycles. The molecule has 0 radical (unpaired) electrons. The fraction of sp³-hybridized carbons (Fsp3) is 0.350. The Morgan fingerprint density at radius 3 is 2.46 bits per heavy atom. The Bertz CT molecular complexity index is 766. The molecule has 0 unspecified atom stereocenters. The molecule has 3 rings (SSSR count). The maximum absolute atomic E-state index is 13.8. The largest absolute Gasteiger partial charge is 0.497 e. The van der Waals surface area contributed by atoms with Crippen LogP contribution in [0.5, 0.6) is 11.5 Å². The zero-order valence-electron chi connectivity index (χ0n) is 14.9. The van der Waals surface area contributed by atoms with E-state index in [1.165, 1.54) is 11.0 Å². The molecule has 2 aromatic rings. The lowest BCUT2D eigenvalue weighted by Gasteiger charge is -2.34. The predicted octanol–water partition coefficient (Wildman–Crippen LogP) is 1.49. The van der Waals surface area contributed by atoms with Crippen LogP contribution in [0.25, 0.3) is 0 Å². The second kappa shape index (κ2) is 8.54. The summed E-state index contributed by atoms with van der Waals surface area (Å²) in [5.41, 5.74) is 0.833. The maximum Gasteiger partial charge on any atom is 0.143 e. The minimum Gasteiger partial charge on any atom is -0.497 e. The van der Waals surface area contributed by atoms with Gasteiger partial charge in [-0.1, -0.05) is 6.07 Å². The van der Waals surface area contributed by atoms with Crippen LogP contribution in [0.1, 0.15) is 5.56 Å². The van der Waals surface area contributed by atoms with Crippen LogP contribution in [0.2, 0.25) is 0 Å². The number of nitrogens with one attached hydrogen (secondary N) is 1. The quantitative estimate of drug-likeness (QED) is 0.852. The minimum absolute atomic E-state index is 0.138. The summed E-state index contributed by atoms with van der Waals surface area (Å²) in [5.74, 6) is 1.20. The van der Waals surface area contributed by atoms with Gasteiger partial charge in [0.25, 0.3) is 0 Å². The van der Waals surface area contributed by atoms with Gasteiger partial charge in [-0.2, -0.15) is 5.26 Å². The van der Waals surface area contributed by atoms with Gasteiger partial charge in [-0.15, -0.1) is 0 Å². The Morgan fingerprint density at radius 2 is 1.81 bits per heavy atom. The summed E-state index contributed by atoms with van der Waals surface area (Å²) >= 11 is 0. The summed E-state index contributed by atoms with van der Waals surface area (Å²) in [4.78, 5) is 3.54. The van der Waals surface area contributed by atoms with Crippen LogP contribution in [0.15, 0.2) is 42.5 Å². The summed E-state index contributed by atoms with van der Waals surface area (Å²) in [5, 5.41) is 9.19. The molecule has 26 heavy (non-hydrogen) atoms. The Hall–Kier alpha value is -2.78. The second-order valence-electron chi connectivity index (χ2n) is 6.26. The Balaban J connectivity index is 1.47. The van der Waals surface area contributed by atoms with E-state index in [9.17, 15) is 9.65 Å². The first-order valence-corrected chi connectivity index (χ1v) is 8.75. The Labute approximate surface area is 153 Å². The SMILES string of the molecule is COc1ccc(OCC[NH+]2CCN(c3cccc(F)c3C#N)CC2)cc1. The predicted molar refractivity (Wildman–Crippen MR) is 97.4 cm³/mol. The molecule has 1 aliphatic rings. The molecule has 2 aromatic carbocycles. The van der Waals surface area contributed by atoms with E-state index in [1.54, 1.807) is 13.2 Å². The number of piperazine rings is 1.